The number of aryl methyl sites for hydroxylation is 1. The molecule has 2 aromatic rings. The molecule has 0 saturated carbocycles. The molecule has 102 valence electrons. The molecule has 0 amide bonds. The van der Waals surface area contributed by atoms with E-state index < -0.39 is 0 Å². The van der Waals surface area contributed by atoms with Gasteiger partial charge in [-0.05, 0) is 48.1 Å². The van der Waals surface area contributed by atoms with Gasteiger partial charge in [-0.3, -0.25) is 4.79 Å². The Bertz CT molecular complexity index is 629. The zero-order valence-corrected chi connectivity index (χ0v) is 11.7. The van der Waals surface area contributed by atoms with Gasteiger partial charge in [0.2, 0.25) is 0 Å². The number of carbonyl (C=O) groups is 1. The van der Waals surface area contributed by atoms with Gasteiger partial charge in [-0.15, -0.1) is 0 Å². The predicted octanol–water partition coefficient (Wildman–Crippen LogP) is 3.81. The van der Waals surface area contributed by atoms with Crippen molar-refractivity contribution in [3.8, 4) is 5.75 Å². The second-order valence-corrected chi connectivity index (χ2v) is 5.26. The summed E-state index contributed by atoms with van der Waals surface area (Å²) < 4.78 is 5.38. The van der Waals surface area contributed by atoms with E-state index in [-0.39, 0.29) is 5.78 Å². The number of fused-ring (bicyclic) bond motifs is 1. The molecular weight excluding hydrogens is 248 g/mol. The van der Waals surface area contributed by atoms with Crippen molar-refractivity contribution in [1.82, 2.24) is 0 Å². The van der Waals surface area contributed by atoms with Gasteiger partial charge in [0.05, 0.1) is 7.11 Å². The van der Waals surface area contributed by atoms with Crippen molar-refractivity contribution in [2.75, 3.05) is 7.11 Å². The van der Waals surface area contributed by atoms with Crippen LogP contribution >= 0.6 is 0 Å². The van der Waals surface area contributed by atoms with Gasteiger partial charge < -0.3 is 4.74 Å². The smallest absolute Gasteiger partial charge is 0.163 e. The summed E-state index contributed by atoms with van der Waals surface area (Å²) in [5, 5.41) is 0. The molecule has 0 radical (unpaired) electrons. The van der Waals surface area contributed by atoms with Gasteiger partial charge in [0, 0.05) is 12.0 Å². The standard InChI is InChI=1S/C18H18O2/c1-20-16-11-14-8-5-9-17(19)18(14)15(12-16)10-13-6-3-2-4-7-13/h2-4,6-7,11-12H,5,8-10H2,1H3. The maximum Gasteiger partial charge on any atom is 0.163 e. The molecule has 0 saturated heterocycles. The molecule has 0 heterocycles. The number of Topliss-reactive ketones (excluding diaryl/α,β-unsaturated/α-hetero) is 1. The van der Waals surface area contributed by atoms with E-state index in [0.717, 1.165) is 41.7 Å². The summed E-state index contributed by atoms with van der Waals surface area (Å²) in [5.74, 6) is 1.13. The maximum absolute atomic E-state index is 12.3. The minimum atomic E-state index is 0.278. The first-order valence-electron chi connectivity index (χ1n) is 7.05. The number of ether oxygens (including phenoxy) is 1. The molecule has 2 heteroatoms. The van der Waals surface area contributed by atoms with Crippen molar-refractivity contribution in [2.24, 2.45) is 0 Å². The van der Waals surface area contributed by atoms with E-state index >= 15 is 0 Å². The molecule has 0 atom stereocenters. The molecule has 0 bridgehead atoms. The third-order valence-corrected chi connectivity index (χ3v) is 3.88. The largest absolute Gasteiger partial charge is 0.497 e. The van der Waals surface area contributed by atoms with E-state index in [9.17, 15) is 4.79 Å². The maximum atomic E-state index is 12.3. The lowest BCUT2D eigenvalue weighted by Gasteiger charge is -2.20. The topological polar surface area (TPSA) is 26.3 Å². The Morgan fingerprint density at radius 2 is 1.90 bits per heavy atom. The fourth-order valence-electron chi connectivity index (χ4n) is 2.93. The summed E-state index contributed by atoms with van der Waals surface area (Å²) in [5.41, 5.74) is 4.39. The Morgan fingerprint density at radius 1 is 1.10 bits per heavy atom. The lowest BCUT2D eigenvalue weighted by molar-refractivity contribution is 0.0971. The molecule has 3 rings (SSSR count). The second-order valence-electron chi connectivity index (χ2n) is 5.26. The summed E-state index contributed by atoms with van der Waals surface area (Å²) >= 11 is 0. The molecule has 1 aliphatic rings. The van der Waals surface area contributed by atoms with Crippen molar-refractivity contribution in [2.45, 2.75) is 25.7 Å². The second kappa shape index (κ2) is 5.49. The molecule has 20 heavy (non-hydrogen) atoms. The van der Waals surface area contributed by atoms with Crippen LogP contribution in [0.25, 0.3) is 0 Å². The fraction of sp³-hybridized carbons (Fsp3) is 0.278. The monoisotopic (exact) mass is 266 g/mol. The Labute approximate surface area is 119 Å². The first-order valence-corrected chi connectivity index (χ1v) is 7.05. The molecule has 0 aliphatic heterocycles. The van der Waals surface area contributed by atoms with E-state index in [2.05, 4.69) is 12.1 Å². The van der Waals surface area contributed by atoms with E-state index in [1.165, 1.54) is 5.56 Å². The van der Waals surface area contributed by atoms with E-state index in [0.29, 0.717) is 6.42 Å². The third kappa shape index (κ3) is 2.46. The van der Waals surface area contributed by atoms with Gasteiger partial charge in [-0.1, -0.05) is 30.3 Å². The van der Waals surface area contributed by atoms with E-state index in [1.54, 1.807) is 7.11 Å². The first-order chi connectivity index (χ1) is 9.78. The van der Waals surface area contributed by atoms with Crippen LogP contribution in [0.1, 0.15) is 39.9 Å². The number of hydrogen-bond donors (Lipinski definition) is 0. The fourth-order valence-corrected chi connectivity index (χ4v) is 2.93. The van der Waals surface area contributed by atoms with Crippen LogP contribution in [0.2, 0.25) is 0 Å². The Morgan fingerprint density at radius 3 is 2.65 bits per heavy atom. The molecule has 0 aromatic heterocycles. The Kier molecular flexibility index (Phi) is 3.55. The molecule has 0 spiro atoms. The van der Waals surface area contributed by atoms with Gasteiger partial charge in [0.1, 0.15) is 5.75 Å². The number of methoxy groups -OCH3 is 1. The van der Waals surface area contributed by atoms with Crippen LogP contribution < -0.4 is 4.74 Å². The molecule has 0 fully saturated rings. The van der Waals surface area contributed by atoms with Crippen LogP contribution in [-0.4, -0.2) is 12.9 Å². The van der Waals surface area contributed by atoms with Crippen molar-refractivity contribution >= 4 is 5.78 Å². The van der Waals surface area contributed by atoms with Crippen LogP contribution in [-0.2, 0) is 12.8 Å². The van der Waals surface area contributed by atoms with E-state index in [4.69, 9.17) is 4.74 Å². The van der Waals surface area contributed by atoms with Crippen molar-refractivity contribution in [3.05, 3.63) is 64.7 Å². The summed E-state index contributed by atoms with van der Waals surface area (Å²) in [4.78, 5) is 12.3. The third-order valence-electron chi connectivity index (χ3n) is 3.88. The summed E-state index contributed by atoms with van der Waals surface area (Å²) in [6, 6.07) is 14.3. The molecule has 1 aliphatic carbocycles. The van der Waals surface area contributed by atoms with Gasteiger partial charge in [-0.25, -0.2) is 0 Å². The minimum Gasteiger partial charge on any atom is -0.497 e. The summed E-state index contributed by atoms with van der Waals surface area (Å²) in [6.45, 7) is 0. The van der Waals surface area contributed by atoms with Crippen molar-refractivity contribution in [3.63, 3.8) is 0 Å². The van der Waals surface area contributed by atoms with Crippen LogP contribution in [0.15, 0.2) is 42.5 Å². The minimum absolute atomic E-state index is 0.278. The highest BCUT2D eigenvalue weighted by molar-refractivity contribution is 6.00. The number of carbonyl (C=O) groups excluding carboxylic acids is 1. The quantitative estimate of drug-likeness (QED) is 0.844. The van der Waals surface area contributed by atoms with Gasteiger partial charge in [-0.2, -0.15) is 0 Å². The van der Waals surface area contributed by atoms with Crippen molar-refractivity contribution in [1.29, 1.82) is 0 Å². The number of ketones is 1. The average molecular weight is 266 g/mol. The molecule has 2 aromatic carbocycles. The SMILES string of the molecule is COc1cc2c(c(Cc3ccccc3)c1)C(=O)CCC2. The zero-order chi connectivity index (χ0) is 13.9. The lowest BCUT2D eigenvalue weighted by Crippen LogP contribution is -2.14. The number of rotatable bonds is 3. The Hall–Kier alpha value is -2.09. The highest BCUT2D eigenvalue weighted by atomic mass is 16.5. The van der Waals surface area contributed by atoms with Crippen LogP contribution in [0, 0.1) is 0 Å². The first kappa shape index (κ1) is 12.9. The summed E-state index contributed by atoms with van der Waals surface area (Å²) in [6.07, 6.45) is 3.37. The lowest BCUT2D eigenvalue weighted by atomic mass is 9.85. The zero-order valence-electron chi connectivity index (χ0n) is 11.7. The van der Waals surface area contributed by atoms with Gasteiger partial charge in [0.25, 0.3) is 0 Å². The number of benzene rings is 2. The highest BCUT2D eigenvalue weighted by Gasteiger charge is 2.21. The van der Waals surface area contributed by atoms with Crippen LogP contribution in [0.4, 0.5) is 0 Å². The van der Waals surface area contributed by atoms with Crippen molar-refractivity contribution < 1.29 is 9.53 Å². The predicted molar refractivity (Wildman–Crippen MR) is 79.5 cm³/mol. The highest BCUT2D eigenvalue weighted by Crippen LogP contribution is 2.30. The van der Waals surface area contributed by atoms with Gasteiger partial charge in [0.15, 0.2) is 5.78 Å². The molecule has 0 N–H and O–H groups in total. The normalized spacial score (nSPS) is 13.9. The van der Waals surface area contributed by atoms with Gasteiger partial charge >= 0.3 is 0 Å². The molecule has 2 nitrogen and oxygen atoms in total. The Balaban J connectivity index is 2.06. The van der Waals surface area contributed by atoms with Crippen LogP contribution in [0.3, 0.4) is 0 Å². The van der Waals surface area contributed by atoms with Crippen LogP contribution in [0.5, 0.6) is 5.75 Å². The molecule has 0 unspecified atom stereocenters. The summed E-state index contributed by atoms with van der Waals surface area (Å²) in [7, 11) is 1.68. The molecular formula is C18H18O2. The average Bonchev–Trinajstić information content (AvgIpc) is 2.48. The van der Waals surface area contributed by atoms with E-state index in [1.807, 2.05) is 30.3 Å². The number of hydrogen-bond acceptors (Lipinski definition) is 2.